The maximum absolute atomic E-state index is 13.0. The number of aromatic amines is 1. The minimum atomic E-state index is -0.254. The Labute approximate surface area is 168 Å². The zero-order valence-electron chi connectivity index (χ0n) is 16.1. The Morgan fingerprint density at radius 2 is 2.11 bits per heavy atom. The Balaban J connectivity index is 1.42. The molecule has 2 heterocycles. The van der Waals surface area contributed by atoms with Crippen molar-refractivity contribution in [3.8, 4) is 11.3 Å². The van der Waals surface area contributed by atoms with Crippen LogP contribution >= 0.6 is 11.3 Å². The predicted octanol–water partition coefficient (Wildman–Crippen LogP) is 3.85. The van der Waals surface area contributed by atoms with Gasteiger partial charge in [-0.15, -0.1) is 11.3 Å². The maximum Gasteiger partial charge on any atom is 0.237 e. The highest BCUT2D eigenvalue weighted by atomic mass is 32.1. The van der Waals surface area contributed by atoms with Crippen LogP contribution in [-0.4, -0.2) is 40.6 Å². The van der Waals surface area contributed by atoms with Crippen molar-refractivity contribution in [2.24, 2.45) is 0 Å². The van der Waals surface area contributed by atoms with Gasteiger partial charge in [0.25, 0.3) is 0 Å². The first-order chi connectivity index (χ1) is 13.5. The van der Waals surface area contributed by atoms with E-state index in [2.05, 4.69) is 20.4 Å². The molecule has 0 spiro atoms. The summed E-state index contributed by atoms with van der Waals surface area (Å²) in [5, 5.41) is 12.3. The second kappa shape index (κ2) is 9.61. The van der Waals surface area contributed by atoms with Crippen molar-refractivity contribution in [2.75, 3.05) is 13.6 Å². The number of hydrogen-bond acceptors (Lipinski definition) is 4. The molecule has 0 aliphatic heterocycles. The first-order valence-corrected chi connectivity index (χ1v) is 10.2. The Hall–Kier alpha value is -2.51. The molecule has 0 aliphatic rings. The summed E-state index contributed by atoms with van der Waals surface area (Å²) in [5.41, 5.74) is 2.73. The second-order valence-corrected chi connectivity index (χ2v) is 7.87. The topological polar surface area (TPSA) is 61.0 Å². The molecule has 0 saturated carbocycles. The van der Waals surface area contributed by atoms with Crippen LogP contribution in [0.5, 0.6) is 0 Å². The summed E-state index contributed by atoms with van der Waals surface area (Å²) in [4.78, 5) is 15.5. The Bertz CT molecular complexity index is 876. The van der Waals surface area contributed by atoms with Gasteiger partial charge in [0.1, 0.15) is 5.82 Å². The fourth-order valence-corrected chi connectivity index (χ4v) is 3.55. The molecule has 0 aliphatic carbocycles. The van der Waals surface area contributed by atoms with E-state index in [0.717, 1.165) is 41.2 Å². The molecule has 1 amide bonds. The summed E-state index contributed by atoms with van der Waals surface area (Å²) < 4.78 is 13.0. The van der Waals surface area contributed by atoms with Gasteiger partial charge in [-0.25, -0.2) is 4.39 Å². The molecule has 1 atom stereocenters. The summed E-state index contributed by atoms with van der Waals surface area (Å²) in [6.07, 6.45) is 1.74. The third kappa shape index (κ3) is 5.50. The fraction of sp³-hybridized carbons (Fsp3) is 0.333. The van der Waals surface area contributed by atoms with Crippen molar-refractivity contribution in [2.45, 2.75) is 32.4 Å². The van der Waals surface area contributed by atoms with Crippen molar-refractivity contribution in [1.29, 1.82) is 0 Å². The van der Waals surface area contributed by atoms with Crippen LogP contribution in [0.2, 0.25) is 0 Å². The number of halogens is 1. The SMILES string of the molecule is CC(C(=O)NCc1cccs1)N(C)CCCc1cc(-c2ccc(F)cc2)n[nH]1. The number of carbonyl (C=O) groups excluding carboxylic acids is 1. The third-order valence-electron chi connectivity index (χ3n) is 4.79. The molecule has 7 heteroatoms. The second-order valence-electron chi connectivity index (χ2n) is 6.84. The lowest BCUT2D eigenvalue weighted by Crippen LogP contribution is -2.43. The van der Waals surface area contributed by atoms with Gasteiger partial charge in [-0.2, -0.15) is 5.10 Å². The van der Waals surface area contributed by atoms with E-state index in [1.165, 1.54) is 12.1 Å². The molecular formula is C21H25FN4OS. The highest BCUT2D eigenvalue weighted by molar-refractivity contribution is 7.09. The number of amides is 1. The van der Waals surface area contributed by atoms with E-state index in [-0.39, 0.29) is 17.8 Å². The number of benzene rings is 1. The first kappa shape index (κ1) is 20.2. The molecule has 0 radical (unpaired) electrons. The van der Waals surface area contributed by atoms with Gasteiger partial charge in [-0.3, -0.25) is 14.8 Å². The monoisotopic (exact) mass is 400 g/mol. The molecule has 0 fully saturated rings. The summed E-state index contributed by atoms with van der Waals surface area (Å²) in [5.74, 6) is -0.216. The van der Waals surface area contributed by atoms with Crippen LogP contribution in [0.3, 0.4) is 0 Å². The maximum atomic E-state index is 13.0. The quantitative estimate of drug-likeness (QED) is 0.574. The average Bonchev–Trinajstić information content (AvgIpc) is 3.38. The predicted molar refractivity (Wildman–Crippen MR) is 111 cm³/mol. The molecule has 3 aromatic rings. The van der Waals surface area contributed by atoms with Crippen LogP contribution in [0.1, 0.15) is 23.9 Å². The number of thiophene rings is 1. The molecule has 2 N–H and O–H groups in total. The minimum absolute atomic E-state index is 0.0380. The Kier molecular flexibility index (Phi) is 6.95. The smallest absolute Gasteiger partial charge is 0.237 e. The molecule has 0 bridgehead atoms. The molecular weight excluding hydrogens is 375 g/mol. The van der Waals surface area contributed by atoms with Crippen molar-refractivity contribution >= 4 is 17.2 Å². The summed E-state index contributed by atoms with van der Waals surface area (Å²) in [7, 11) is 1.96. The Morgan fingerprint density at radius 3 is 2.82 bits per heavy atom. The number of carbonyl (C=O) groups is 1. The standard InChI is InChI=1S/C21H25FN4OS/c1-15(21(27)23-14-19-6-4-12-28-19)26(2)11-3-5-18-13-20(25-24-18)16-7-9-17(22)10-8-16/h4,6-10,12-13,15H,3,5,11,14H2,1-2H3,(H,23,27)(H,24,25). The van der Waals surface area contributed by atoms with Crippen LogP contribution in [0.25, 0.3) is 11.3 Å². The molecule has 148 valence electrons. The van der Waals surface area contributed by atoms with Gasteiger partial charge < -0.3 is 5.32 Å². The van der Waals surface area contributed by atoms with Crippen LogP contribution < -0.4 is 5.32 Å². The minimum Gasteiger partial charge on any atom is -0.350 e. The van der Waals surface area contributed by atoms with Gasteiger partial charge in [0, 0.05) is 16.1 Å². The van der Waals surface area contributed by atoms with E-state index < -0.39 is 0 Å². The number of rotatable bonds is 9. The highest BCUT2D eigenvalue weighted by Crippen LogP contribution is 2.18. The first-order valence-electron chi connectivity index (χ1n) is 9.33. The van der Waals surface area contributed by atoms with Crippen molar-refractivity contribution in [3.05, 3.63) is 64.2 Å². The van der Waals surface area contributed by atoms with Gasteiger partial charge in [-0.1, -0.05) is 6.07 Å². The van der Waals surface area contributed by atoms with E-state index in [9.17, 15) is 9.18 Å². The van der Waals surface area contributed by atoms with Gasteiger partial charge in [-0.05, 0) is 75.1 Å². The lowest BCUT2D eigenvalue weighted by Gasteiger charge is -2.23. The number of hydrogen-bond donors (Lipinski definition) is 2. The molecule has 2 aromatic heterocycles. The van der Waals surface area contributed by atoms with Gasteiger partial charge >= 0.3 is 0 Å². The van der Waals surface area contributed by atoms with Gasteiger partial charge in [0.2, 0.25) is 5.91 Å². The number of aromatic nitrogens is 2. The molecule has 1 unspecified atom stereocenters. The average molecular weight is 401 g/mol. The lowest BCUT2D eigenvalue weighted by molar-refractivity contribution is -0.125. The van der Waals surface area contributed by atoms with Gasteiger partial charge in [0.15, 0.2) is 0 Å². The van der Waals surface area contributed by atoms with Crippen molar-refractivity contribution < 1.29 is 9.18 Å². The molecule has 0 saturated heterocycles. The van der Waals surface area contributed by atoms with Crippen LogP contribution in [0, 0.1) is 5.82 Å². The molecule has 28 heavy (non-hydrogen) atoms. The lowest BCUT2D eigenvalue weighted by atomic mass is 10.1. The van der Waals surface area contributed by atoms with Crippen molar-refractivity contribution in [3.63, 3.8) is 0 Å². The normalized spacial score (nSPS) is 12.3. The van der Waals surface area contributed by atoms with Crippen molar-refractivity contribution in [1.82, 2.24) is 20.4 Å². The summed E-state index contributed by atoms with van der Waals surface area (Å²) in [6, 6.07) is 12.1. The fourth-order valence-electron chi connectivity index (χ4n) is 2.91. The van der Waals surface area contributed by atoms with Crippen LogP contribution in [-0.2, 0) is 17.8 Å². The van der Waals surface area contributed by atoms with E-state index in [1.54, 1.807) is 23.5 Å². The summed E-state index contributed by atoms with van der Waals surface area (Å²) in [6.45, 7) is 3.31. The van der Waals surface area contributed by atoms with E-state index in [1.807, 2.05) is 37.6 Å². The highest BCUT2D eigenvalue weighted by Gasteiger charge is 2.17. The van der Waals surface area contributed by atoms with E-state index >= 15 is 0 Å². The Morgan fingerprint density at radius 1 is 1.32 bits per heavy atom. The largest absolute Gasteiger partial charge is 0.350 e. The van der Waals surface area contributed by atoms with Gasteiger partial charge in [0.05, 0.1) is 18.3 Å². The molecule has 1 aromatic carbocycles. The zero-order chi connectivity index (χ0) is 19.9. The third-order valence-corrected chi connectivity index (χ3v) is 5.66. The van der Waals surface area contributed by atoms with E-state index in [4.69, 9.17) is 0 Å². The number of nitrogens with one attached hydrogen (secondary N) is 2. The number of likely N-dealkylation sites (N-methyl/N-ethyl adjacent to an activating group) is 1. The molecule has 3 rings (SSSR count). The zero-order valence-corrected chi connectivity index (χ0v) is 16.9. The van der Waals surface area contributed by atoms with Crippen LogP contribution in [0.15, 0.2) is 47.8 Å². The number of nitrogens with zero attached hydrogens (tertiary/aromatic N) is 2. The number of aryl methyl sites for hydroxylation is 1. The molecule has 5 nitrogen and oxygen atoms in total. The van der Waals surface area contributed by atoms with Crippen LogP contribution in [0.4, 0.5) is 4.39 Å². The summed E-state index contributed by atoms with van der Waals surface area (Å²) >= 11 is 1.64. The number of H-pyrrole nitrogens is 1. The van der Waals surface area contributed by atoms with E-state index in [0.29, 0.717) is 6.54 Å².